The van der Waals surface area contributed by atoms with Gasteiger partial charge >= 0.3 is 0 Å². The Labute approximate surface area is 62.8 Å². The minimum atomic E-state index is -0.590. The summed E-state index contributed by atoms with van der Waals surface area (Å²) in [5.41, 5.74) is 5.88. The Balaban J connectivity index is 3.06. The second-order valence-electron chi connectivity index (χ2n) is 1.82. The van der Waals surface area contributed by atoms with Crippen molar-refractivity contribution in [2.24, 2.45) is 5.73 Å². The molecule has 0 amide bonds. The number of pyridine rings is 1. The molecule has 10 heavy (non-hydrogen) atoms. The first kappa shape index (κ1) is 7.44. The molecule has 0 radical (unpaired) electrons. The van der Waals surface area contributed by atoms with Crippen LogP contribution in [-0.4, -0.2) is 4.98 Å². The Morgan fingerprint density at radius 2 is 2.30 bits per heavy atom. The average molecular weight is 161 g/mol. The molecule has 0 aliphatic carbocycles. The first-order valence-electron chi connectivity index (χ1n) is 2.74. The van der Waals surface area contributed by atoms with Crippen LogP contribution in [0.5, 0.6) is 0 Å². The highest BCUT2D eigenvalue weighted by molar-refractivity contribution is 6.29. The Kier molecular flexibility index (Phi) is 2.19. The Hall–Kier alpha value is -0.670. The van der Waals surface area contributed by atoms with Crippen LogP contribution in [0.3, 0.4) is 0 Å². The van der Waals surface area contributed by atoms with Crippen molar-refractivity contribution in [3.63, 3.8) is 0 Å². The quantitative estimate of drug-likeness (QED) is 0.630. The van der Waals surface area contributed by atoms with E-state index in [0.29, 0.717) is 5.56 Å². The van der Waals surface area contributed by atoms with E-state index in [1.165, 1.54) is 12.1 Å². The van der Waals surface area contributed by atoms with E-state index in [-0.39, 0.29) is 11.7 Å². The van der Waals surface area contributed by atoms with Gasteiger partial charge in [-0.1, -0.05) is 11.6 Å². The van der Waals surface area contributed by atoms with Crippen LogP contribution in [0, 0.1) is 5.95 Å². The van der Waals surface area contributed by atoms with E-state index >= 15 is 0 Å². The second kappa shape index (κ2) is 2.94. The molecule has 54 valence electrons. The number of rotatable bonds is 1. The molecular formula is C6H6ClFN2. The van der Waals surface area contributed by atoms with Gasteiger partial charge in [-0.3, -0.25) is 0 Å². The van der Waals surface area contributed by atoms with Gasteiger partial charge in [-0.15, -0.1) is 0 Å². The molecule has 0 spiro atoms. The Morgan fingerprint density at radius 1 is 1.60 bits per heavy atom. The van der Waals surface area contributed by atoms with Gasteiger partial charge in [0.25, 0.3) is 0 Å². The molecule has 2 nitrogen and oxygen atoms in total. The molecule has 0 aromatic carbocycles. The molecular weight excluding hydrogens is 155 g/mol. The number of aromatic nitrogens is 1. The molecule has 0 saturated heterocycles. The zero-order chi connectivity index (χ0) is 7.56. The fourth-order valence-corrected chi connectivity index (χ4v) is 0.853. The maximum Gasteiger partial charge on any atom is 0.214 e. The standard InChI is InChI=1S/C6H6ClFN2/c7-5-1-4(3-9)2-6(8)10-5/h1-2H,3,9H2. The summed E-state index contributed by atoms with van der Waals surface area (Å²) in [4.78, 5) is 3.33. The molecule has 0 aliphatic heterocycles. The first-order valence-corrected chi connectivity index (χ1v) is 3.12. The summed E-state index contributed by atoms with van der Waals surface area (Å²) in [6.45, 7) is 0.277. The van der Waals surface area contributed by atoms with Crippen molar-refractivity contribution in [3.8, 4) is 0 Å². The van der Waals surface area contributed by atoms with Crippen LogP contribution in [0.1, 0.15) is 5.56 Å². The number of halogens is 2. The molecule has 2 N–H and O–H groups in total. The number of hydrogen-bond donors (Lipinski definition) is 1. The fraction of sp³-hybridized carbons (Fsp3) is 0.167. The number of nitrogens with two attached hydrogens (primary N) is 1. The van der Waals surface area contributed by atoms with Crippen LogP contribution in [0.15, 0.2) is 12.1 Å². The van der Waals surface area contributed by atoms with Crippen molar-refractivity contribution in [3.05, 3.63) is 28.8 Å². The molecule has 4 heteroatoms. The van der Waals surface area contributed by atoms with E-state index in [1.54, 1.807) is 0 Å². The van der Waals surface area contributed by atoms with E-state index in [1.807, 2.05) is 0 Å². The van der Waals surface area contributed by atoms with Gasteiger partial charge < -0.3 is 5.73 Å². The minimum Gasteiger partial charge on any atom is -0.326 e. The molecule has 0 atom stereocenters. The van der Waals surface area contributed by atoms with Gasteiger partial charge in [-0.2, -0.15) is 4.39 Å². The summed E-state index contributed by atoms with van der Waals surface area (Å²) in [5, 5.41) is 0.139. The van der Waals surface area contributed by atoms with Crippen LogP contribution in [-0.2, 0) is 6.54 Å². The SMILES string of the molecule is NCc1cc(F)nc(Cl)c1. The topological polar surface area (TPSA) is 38.9 Å². The second-order valence-corrected chi connectivity index (χ2v) is 2.21. The van der Waals surface area contributed by atoms with Gasteiger partial charge in [0.1, 0.15) is 5.15 Å². The molecule has 0 unspecified atom stereocenters. The van der Waals surface area contributed by atoms with Gasteiger partial charge in [0.05, 0.1) is 0 Å². The van der Waals surface area contributed by atoms with E-state index in [2.05, 4.69) is 4.98 Å². The third-order valence-corrected chi connectivity index (χ3v) is 1.25. The van der Waals surface area contributed by atoms with E-state index < -0.39 is 5.95 Å². The highest BCUT2D eigenvalue weighted by atomic mass is 35.5. The zero-order valence-electron chi connectivity index (χ0n) is 5.14. The van der Waals surface area contributed by atoms with E-state index in [4.69, 9.17) is 17.3 Å². The predicted octanol–water partition coefficient (Wildman–Crippen LogP) is 1.33. The average Bonchev–Trinajstić information content (AvgIpc) is 1.85. The van der Waals surface area contributed by atoms with Crippen LogP contribution < -0.4 is 5.73 Å². The van der Waals surface area contributed by atoms with E-state index in [9.17, 15) is 4.39 Å². The highest BCUT2D eigenvalue weighted by Gasteiger charge is 1.97. The summed E-state index contributed by atoms with van der Waals surface area (Å²) < 4.78 is 12.4. The lowest BCUT2D eigenvalue weighted by Crippen LogP contribution is -1.97. The molecule has 0 aliphatic rings. The van der Waals surface area contributed by atoms with Crippen LogP contribution >= 0.6 is 11.6 Å². The summed E-state index contributed by atoms with van der Waals surface area (Å²) in [5.74, 6) is -0.590. The molecule has 0 saturated carbocycles. The maximum absolute atomic E-state index is 12.4. The maximum atomic E-state index is 12.4. The monoisotopic (exact) mass is 160 g/mol. The van der Waals surface area contributed by atoms with Crippen molar-refractivity contribution < 1.29 is 4.39 Å². The van der Waals surface area contributed by atoms with Gasteiger partial charge in [0.15, 0.2) is 0 Å². The largest absolute Gasteiger partial charge is 0.326 e. The van der Waals surface area contributed by atoms with Gasteiger partial charge in [0, 0.05) is 6.54 Å². The molecule has 0 fully saturated rings. The summed E-state index contributed by atoms with van der Waals surface area (Å²) in [7, 11) is 0. The smallest absolute Gasteiger partial charge is 0.214 e. The lowest BCUT2D eigenvalue weighted by molar-refractivity contribution is 0.581. The third kappa shape index (κ3) is 1.65. The van der Waals surface area contributed by atoms with Crippen molar-refractivity contribution in [2.75, 3.05) is 0 Å². The number of nitrogens with zero attached hydrogens (tertiary/aromatic N) is 1. The number of hydrogen-bond acceptors (Lipinski definition) is 2. The molecule has 0 bridgehead atoms. The fourth-order valence-electron chi connectivity index (χ4n) is 0.632. The van der Waals surface area contributed by atoms with Gasteiger partial charge in [-0.25, -0.2) is 4.98 Å². The van der Waals surface area contributed by atoms with Gasteiger partial charge in [-0.05, 0) is 17.7 Å². The lowest BCUT2D eigenvalue weighted by Gasteiger charge is -1.95. The van der Waals surface area contributed by atoms with E-state index in [0.717, 1.165) is 0 Å². The lowest BCUT2D eigenvalue weighted by atomic mass is 10.3. The predicted molar refractivity (Wildman–Crippen MR) is 37.1 cm³/mol. The molecule has 1 aromatic rings. The van der Waals surface area contributed by atoms with Gasteiger partial charge in [0.2, 0.25) is 5.95 Å². The van der Waals surface area contributed by atoms with Crippen LogP contribution in [0.4, 0.5) is 4.39 Å². The Morgan fingerprint density at radius 3 is 2.80 bits per heavy atom. The summed E-state index contributed by atoms with van der Waals surface area (Å²) in [6.07, 6.45) is 0. The van der Waals surface area contributed by atoms with Crippen LogP contribution in [0.2, 0.25) is 5.15 Å². The summed E-state index contributed by atoms with van der Waals surface area (Å²) >= 11 is 5.42. The van der Waals surface area contributed by atoms with Crippen molar-refractivity contribution in [1.82, 2.24) is 4.98 Å². The van der Waals surface area contributed by atoms with Crippen molar-refractivity contribution in [2.45, 2.75) is 6.54 Å². The minimum absolute atomic E-state index is 0.139. The zero-order valence-corrected chi connectivity index (χ0v) is 5.90. The summed E-state index contributed by atoms with van der Waals surface area (Å²) in [6, 6.07) is 2.79. The molecule has 1 aromatic heterocycles. The highest BCUT2D eigenvalue weighted by Crippen LogP contribution is 2.08. The van der Waals surface area contributed by atoms with Crippen LogP contribution in [0.25, 0.3) is 0 Å². The third-order valence-electron chi connectivity index (χ3n) is 1.06. The normalized spacial score (nSPS) is 9.90. The Bertz CT molecular complexity index is 219. The van der Waals surface area contributed by atoms with Crippen molar-refractivity contribution in [1.29, 1.82) is 0 Å². The van der Waals surface area contributed by atoms with Crippen molar-refractivity contribution >= 4 is 11.6 Å². The molecule has 1 heterocycles. The first-order chi connectivity index (χ1) is 4.72. The molecule has 1 rings (SSSR count).